The summed E-state index contributed by atoms with van der Waals surface area (Å²) >= 11 is 0. The third-order valence-corrected chi connectivity index (χ3v) is 4.84. The molecule has 1 aromatic carbocycles. The first-order valence-electron chi connectivity index (χ1n) is 9.56. The number of nitro groups is 1. The molecule has 0 radical (unpaired) electrons. The molecule has 0 bridgehead atoms. The number of benzene rings is 1. The first kappa shape index (κ1) is 20.4. The van der Waals surface area contributed by atoms with Crippen molar-refractivity contribution in [2.45, 2.75) is 46.2 Å². The molecule has 3 aromatic rings. The summed E-state index contributed by atoms with van der Waals surface area (Å²) in [5.41, 5.74) is 2.48. The van der Waals surface area contributed by atoms with Crippen LogP contribution in [0, 0.1) is 10.1 Å². The van der Waals surface area contributed by atoms with Crippen LogP contribution in [0.3, 0.4) is 0 Å². The van der Waals surface area contributed by atoms with Gasteiger partial charge >= 0.3 is 0 Å². The van der Waals surface area contributed by atoms with Gasteiger partial charge in [0.15, 0.2) is 5.65 Å². The molecule has 0 aliphatic rings. The molecule has 8 heteroatoms. The number of rotatable bonds is 6. The monoisotopic (exact) mass is 395 g/mol. The molecule has 0 unspecified atom stereocenters. The number of carbonyl (C=O) groups is 1. The van der Waals surface area contributed by atoms with Crippen molar-refractivity contribution >= 4 is 22.6 Å². The molecule has 0 atom stereocenters. The molecule has 0 fully saturated rings. The number of nitrogens with zero attached hydrogens (tertiary/aromatic N) is 5. The highest BCUT2D eigenvalue weighted by molar-refractivity contribution is 6.05. The highest BCUT2D eigenvalue weighted by atomic mass is 16.6. The summed E-state index contributed by atoms with van der Waals surface area (Å²) in [6, 6.07) is 8.37. The van der Waals surface area contributed by atoms with Crippen molar-refractivity contribution in [3.63, 3.8) is 0 Å². The van der Waals surface area contributed by atoms with E-state index in [4.69, 9.17) is 4.98 Å². The van der Waals surface area contributed by atoms with Crippen LogP contribution in [0.25, 0.3) is 11.0 Å². The summed E-state index contributed by atoms with van der Waals surface area (Å²) in [7, 11) is 1.65. The van der Waals surface area contributed by atoms with Gasteiger partial charge in [0, 0.05) is 30.4 Å². The minimum Gasteiger partial charge on any atom is -0.337 e. The molecule has 2 aromatic heterocycles. The van der Waals surface area contributed by atoms with E-state index in [0.29, 0.717) is 22.2 Å². The average Bonchev–Trinajstić information content (AvgIpc) is 3.11. The zero-order valence-electron chi connectivity index (χ0n) is 17.3. The minimum atomic E-state index is -0.429. The molecular weight excluding hydrogens is 370 g/mol. The van der Waals surface area contributed by atoms with Gasteiger partial charge in [-0.05, 0) is 25.8 Å². The number of hydrogen-bond acceptors (Lipinski definition) is 5. The molecule has 152 valence electrons. The second kappa shape index (κ2) is 7.98. The number of carbonyl (C=O) groups excluding carboxylic acids is 1. The Kier molecular flexibility index (Phi) is 5.63. The standard InChI is InChI=1S/C21H25N5O3/c1-13(2)18-10-16(17-11-22-25(14(3)4)20(17)23-18)21(27)24(5)12-15-8-6-7-9-19(15)26(28)29/h6-11,13-14H,12H2,1-5H3. The van der Waals surface area contributed by atoms with Gasteiger partial charge in [0.2, 0.25) is 0 Å². The second-order valence-electron chi connectivity index (χ2n) is 7.72. The molecule has 29 heavy (non-hydrogen) atoms. The average molecular weight is 395 g/mol. The van der Waals surface area contributed by atoms with Crippen LogP contribution >= 0.6 is 0 Å². The van der Waals surface area contributed by atoms with Gasteiger partial charge in [0.05, 0.1) is 28.6 Å². The zero-order chi connectivity index (χ0) is 21.3. The van der Waals surface area contributed by atoms with Crippen molar-refractivity contribution in [2.75, 3.05) is 7.05 Å². The van der Waals surface area contributed by atoms with E-state index in [-0.39, 0.29) is 30.1 Å². The first-order chi connectivity index (χ1) is 13.7. The lowest BCUT2D eigenvalue weighted by atomic mass is 10.0. The smallest absolute Gasteiger partial charge is 0.274 e. The van der Waals surface area contributed by atoms with E-state index in [1.165, 1.54) is 11.0 Å². The van der Waals surface area contributed by atoms with Crippen LogP contribution in [0.2, 0.25) is 0 Å². The van der Waals surface area contributed by atoms with Crippen molar-refractivity contribution < 1.29 is 9.72 Å². The van der Waals surface area contributed by atoms with Crippen LogP contribution in [0.4, 0.5) is 5.69 Å². The van der Waals surface area contributed by atoms with E-state index in [1.54, 1.807) is 42.2 Å². The number of aromatic nitrogens is 3. The summed E-state index contributed by atoms with van der Waals surface area (Å²) in [6.45, 7) is 8.21. The summed E-state index contributed by atoms with van der Waals surface area (Å²) in [5, 5.41) is 16.4. The predicted molar refractivity (Wildman–Crippen MR) is 111 cm³/mol. The van der Waals surface area contributed by atoms with Crippen molar-refractivity contribution in [3.05, 3.63) is 63.5 Å². The third kappa shape index (κ3) is 3.96. The largest absolute Gasteiger partial charge is 0.337 e. The highest BCUT2D eigenvalue weighted by Crippen LogP contribution is 2.26. The van der Waals surface area contributed by atoms with Gasteiger partial charge in [-0.25, -0.2) is 9.67 Å². The molecule has 8 nitrogen and oxygen atoms in total. The molecule has 0 saturated carbocycles. The zero-order valence-corrected chi connectivity index (χ0v) is 17.3. The van der Waals surface area contributed by atoms with Crippen LogP contribution in [-0.4, -0.2) is 37.5 Å². The topological polar surface area (TPSA) is 94.2 Å². The van der Waals surface area contributed by atoms with Gasteiger partial charge in [0.1, 0.15) is 0 Å². The maximum atomic E-state index is 13.3. The van der Waals surface area contributed by atoms with E-state index in [9.17, 15) is 14.9 Å². The Morgan fingerprint density at radius 1 is 1.24 bits per heavy atom. The van der Waals surface area contributed by atoms with Crippen molar-refractivity contribution in [1.29, 1.82) is 0 Å². The Hall–Kier alpha value is -3.29. The summed E-state index contributed by atoms with van der Waals surface area (Å²) in [4.78, 5) is 30.4. The van der Waals surface area contributed by atoms with E-state index < -0.39 is 4.92 Å². The van der Waals surface area contributed by atoms with Crippen LogP contribution < -0.4 is 0 Å². The number of pyridine rings is 1. The molecule has 0 aliphatic heterocycles. The maximum absolute atomic E-state index is 13.3. The minimum absolute atomic E-state index is 0.00234. The van der Waals surface area contributed by atoms with Gasteiger partial charge in [-0.2, -0.15) is 5.10 Å². The molecule has 1 amide bonds. The quantitative estimate of drug-likeness (QED) is 0.458. The molecule has 2 heterocycles. The van der Waals surface area contributed by atoms with Gasteiger partial charge in [0.25, 0.3) is 11.6 Å². The Bertz CT molecular complexity index is 1070. The Labute approximate surface area is 169 Å². The molecule has 0 N–H and O–H groups in total. The van der Waals surface area contributed by atoms with Crippen LogP contribution in [0.5, 0.6) is 0 Å². The van der Waals surface area contributed by atoms with Crippen LogP contribution in [-0.2, 0) is 6.54 Å². The highest BCUT2D eigenvalue weighted by Gasteiger charge is 2.23. The van der Waals surface area contributed by atoms with Gasteiger partial charge in [-0.3, -0.25) is 14.9 Å². The second-order valence-corrected chi connectivity index (χ2v) is 7.72. The summed E-state index contributed by atoms with van der Waals surface area (Å²) in [5.74, 6) is -0.0808. The number of para-hydroxylation sites is 1. The lowest BCUT2D eigenvalue weighted by molar-refractivity contribution is -0.385. The summed E-state index contributed by atoms with van der Waals surface area (Å²) < 4.78 is 1.81. The van der Waals surface area contributed by atoms with E-state index in [2.05, 4.69) is 5.10 Å². The third-order valence-electron chi connectivity index (χ3n) is 4.84. The Balaban J connectivity index is 2.03. The SMILES string of the molecule is CC(C)c1cc(C(=O)N(C)Cc2ccccc2[N+](=O)[O-])c2cnn(C(C)C)c2n1. The predicted octanol–water partition coefficient (Wildman–Crippen LogP) is 4.32. The van der Waals surface area contributed by atoms with Gasteiger partial charge < -0.3 is 4.90 Å². The van der Waals surface area contributed by atoms with Crippen LogP contribution in [0.15, 0.2) is 36.5 Å². The lowest BCUT2D eigenvalue weighted by Crippen LogP contribution is -2.27. The fraction of sp³-hybridized carbons (Fsp3) is 0.381. The molecule has 0 saturated heterocycles. The van der Waals surface area contributed by atoms with Crippen LogP contribution in [0.1, 0.15) is 61.3 Å². The van der Waals surface area contributed by atoms with Gasteiger partial charge in [-0.15, -0.1) is 0 Å². The fourth-order valence-electron chi connectivity index (χ4n) is 3.24. The van der Waals surface area contributed by atoms with E-state index in [1.807, 2.05) is 27.7 Å². The molecule has 0 spiro atoms. The molecule has 0 aliphatic carbocycles. The first-order valence-corrected chi connectivity index (χ1v) is 9.56. The van der Waals surface area contributed by atoms with Gasteiger partial charge in [-0.1, -0.05) is 32.0 Å². The molecular formula is C21H25N5O3. The van der Waals surface area contributed by atoms with E-state index in [0.717, 1.165) is 5.69 Å². The number of nitro benzene ring substituents is 1. The number of amides is 1. The van der Waals surface area contributed by atoms with Crippen molar-refractivity contribution in [2.24, 2.45) is 0 Å². The Morgan fingerprint density at radius 2 is 1.93 bits per heavy atom. The lowest BCUT2D eigenvalue weighted by Gasteiger charge is -2.19. The number of fused-ring (bicyclic) bond motifs is 1. The fourth-order valence-corrected chi connectivity index (χ4v) is 3.24. The maximum Gasteiger partial charge on any atom is 0.274 e. The summed E-state index contributed by atoms with van der Waals surface area (Å²) in [6.07, 6.45) is 1.67. The Morgan fingerprint density at radius 3 is 2.55 bits per heavy atom. The van der Waals surface area contributed by atoms with Crippen molar-refractivity contribution in [1.82, 2.24) is 19.7 Å². The normalized spacial score (nSPS) is 11.4. The molecule has 3 rings (SSSR count). The number of hydrogen-bond donors (Lipinski definition) is 0. The van der Waals surface area contributed by atoms with Crippen molar-refractivity contribution in [3.8, 4) is 0 Å². The van der Waals surface area contributed by atoms with E-state index >= 15 is 0 Å².